The molecule has 0 amide bonds. The lowest BCUT2D eigenvalue weighted by Crippen LogP contribution is -2.34. The molecule has 17 heavy (non-hydrogen) atoms. The molecule has 2 unspecified atom stereocenters. The first kappa shape index (κ1) is 12.4. The van der Waals surface area contributed by atoms with Gasteiger partial charge in [0.1, 0.15) is 5.75 Å². The molecule has 1 aliphatic rings. The molecule has 1 aliphatic heterocycles. The molecule has 1 saturated heterocycles. The van der Waals surface area contributed by atoms with Gasteiger partial charge in [-0.25, -0.2) is 0 Å². The molecule has 3 nitrogen and oxygen atoms in total. The second-order valence-corrected chi connectivity index (χ2v) is 4.66. The maximum atomic E-state index is 5.53. The second kappa shape index (κ2) is 5.52. The van der Waals surface area contributed by atoms with Crippen LogP contribution in [0.2, 0.25) is 0 Å². The lowest BCUT2D eigenvalue weighted by molar-refractivity contribution is 0.113. The van der Waals surface area contributed by atoms with Gasteiger partial charge in [0.15, 0.2) is 0 Å². The summed E-state index contributed by atoms with van der Waals surface area (Å²) in [5, 5.41) is 3.55. The molecule has 94 valence electrons. The van der Waals surface area contributed by atoms with Crippen molar-refractivity contribution in [3.05, 3.63) is 29.3 Å². The van der Waals surface area contributed by atoms with Crippen LogP contribution >= 0.6 is 0 Å². The number of rotatable bonds is 4. The van der Waals surface area contributed by atoms with Crippen LogP contribution in [0.15, 0.2) is 18.2 Å². The minimum absolute atomic E-state index is 0.328. The zero-order valence-corrected chi connectivity index (χ0v) is 10.8. The Morgan fingerprint density at radius 3 is 2.88 bits per heavy atom. The summed E-state index contributed by atoms with van der Waals surface area (Å²) in [4.78, 5) is 0. The summed E-state index contributed by atoms with van der Waals surface area (Å²) in [6.45, 7) is 5.97. The highest BCUT2D eigenvalue weighted by molar-refractivity contribution is 5.36. The number of benzene rings is 1. The van der Waals surface area contributed by atoms with Gasteiger partial charge < -0.3 is 14.8 Å². The fraction of sp³-hybridized carbons (Fsp3) is 0.571. The number of methoxy groups -OCH3 is 1. The van der Waals surface area contributed by atoms with Crippen LogP contribution in [0.25, 0.3) is 0 Å². The molecule has 0 aromatic heterocycles. The third-order valence-electron chi connectivity index (χ3n) is 3.40. The Kier molecular flexibility index (Phi) is 4.02. The Morgan fingerprint density at radius 2 is 2.29 bits per heavy atom. The molecule has 1 heterocycles. The predicted molar refractivity (Wildman–Crippen MR) is 68.4 cm³/mol. The number of aryl methyl sites for hydroxylation is 1. The van der Waals surface area contributed by atoms with Crippen molar-refractivity contribution in [3.63, 3.8) is 0 Å². The van der Waals surface area contributed by atoms with Crippen molar-refractivity contribution in [2.24, 2.45) is 0 Å². The van der Waals surface area contributed by atoms with E-state index in [4.69, 9.17) is 9.47 Å². The fourth-order valence-corrected chi connectivity index (χ4v) is 2.30. The zero-order chi connectivity index (χ0) is 12.3. The maximum absolute atomic E-state index is 5.53. The third kappa shape index (κ3) is 2.99. The van der Waals surface area contributed by atoms with Gasteiger partial charge in [-0.15, -0.1) is 0 Å². The third-order valence-corrected chi connectivity index (χ3v) is 3.40. The summed E-state index contributed by atoms with van der Waals surface area (Å²) < 4.78 is 10.8. The lowest BCUT2D eigenvalue weighted by atomic mass is 10.1. The van der Waals surface area contributed by atoms with E-state index in [9.17, 15) is 0 Å². The SMILES string of the molecule is COc1ccc(CNC2CCOC2C)cc1C. The monoisotopic (exact) mass is 235 g/mol. The van der Waals surface area contributed by atoms with E-state index in [0.717, 1.165) is 25.3 Å². The van der Waals surface area contributed by atoms with E-state index in [0.29, 0.717) is 12.1 Å². The van der Waals surface area contributed by atoms with Gasteiger partial charge in [0.25, 0.3) is 0 Å². The van der Waals surface area contributed by atoms with Crippen LogP contribution < -0.4 is 10.1 Å². The average Bonchev–Trinajstić information content (AvgIpc) is 2.72. The standard InChI is InChI=1S/C14H21NO2/c1-10-8-12(4-5-14(10)16-3)9-15-13-6-7-17-11(13)2/h4-5,8,11,13,15H,6-7,9H2,1-3H3. The maximum Gasteiger partial charge on any atom is 0.121 e. The molecular formula is C14H21NO2. The van der Waals surface area contributed by atoms with Crippen molar-refractivity contribution in [1.82, 2.24) is 5.32 Å². The van der Waals surface area contributed by atoms with Crippen LogP contribution in [0, 0.1) is 6.92 Å². The van der Waals surface area contributed by atoms with Gasteiger partial charge in [0.2, 0.25) is 0 Å². The number of hydrogen-bond acceptors (Lipinski definition) is 3. The smallest absolute Gasteiger partial charge is 0.121 e. The van der Waals surface area contributed by atoms with Crippen molar-refractivity contribution in [2.75, 3.05) is 13.7 Å². The summed E-state index contributed by atoms with van der Waals surface area (Å²) in [5.74, 6) is 0.950. The number of hydrogen-bond donors (Lipinski definition) is 1. The number of ether oxygens (including phenoxy) is 2. The van der Waals surface area contributed by atoms with Gasteiger partial charge in [0, 0.05) is 19.2 Å². The van der Waals surface area contributed by atoms with Gasteiger partial charge in [-0.2, -0.15) is 0 Å². The molecule has 3 heteroatoms. The van der Waals surface area contributed by atoms with Crippen molar-refractivity contribution < 1.29 is 9.47 Å². The lowest BCUT2D eigenvalue weighted by Gasteiger charge is -2.16. The van der Waals surface area contributed by atoms with Crippen LogP contribution in [0.1, 0.15) is 24.5 Å². The van der Waals surface area contributed by atoms with Gasteiger partial charge in [-0.1, -0.05) is 12.1 Å². The Hall–Kier alpha value is -1.06. The Bertz CT molecular complexity index is 378. The molecule has 0 aliphatic carbocycles. The molecule has 0 spiro atoms. The molecule has 0 saturated carbocycles. The summed E-state index contributed by atoms with van der Waals surface area (Å²) in [5.41, 5.74) is 2.48. The minimum atomic E-state index is 0.328. The Balaban J connectivity index is 1.92. The van der Waals surface area contributed by atoms with Gasteiger partial charge in [-0.05, 0) is 37.5 Å². The van der Waals surface area contributed by atoms with Gasteiger partial charge in [0.05, 0.1) is 13.2 Å². The highest BCUT2D eigenvalue weighted by Crippen LogP contribution is 2.19. The van der Waals surface area contributed by atoms with E-state index in [1.807, 2.05) is 6.07 Å². The van der Waals surface area contributed by atoms with Crippen molar-refractivity contribution in [2.45, 2.75) is 39.0 Å². The van der Waals surface area contributed by atoms with E-state index in [1.54, 1.807) is 7.11 Å². The molecule has 1 aromatic rings. The Morgan fingerprint density at radius 1 is 1.47 bits per heavy atom. The quantitative estimate of drug-likeness (QED) is 0.868. The number of nitrogens with one attached hydrogen (secondary N) is 1. The molecule has 0 bridgehead atoms. The zero-order valence-electron chi connectivity index (χ0n) is 10.8. The van der Waals surface area contributed by atoms with Crippen molar-refractivity contribution in [3.8, 4) is 5.75 Å². The van der Waals surface area contributed by atoms with Gasteiger partial charge in [-0.3, -0.25) is 0 Å². The van der Waals surface area contributed by atoms with Crippen LogP contribution in [0.4, 0.5) is 0 Å². The molecule has 1 N–H and O–H groups in total. The average molecular weight is 235 g/mol. The molecule has 1 aromatic carbocycles. The van der Waals surface area contributed by atoms with Crippen molar-refractivity contribution >= 4 is 0 Å². The molecule has 2 atom stereocenters. The highest BCUT2D eigenvalue weighted by Gasteiger charge is 2.23. The van der Waals surface area contributed by atoms with E-state index in [1.165, 1.54) is 11.1 Å². The summed E-state index contributed by atoms with van der Waals surface area (Å²) >= 11 is 0. The highest BCUT2D eigenvalue weighted by atomic mass is 16.5. The largest absolute Gasteiger partial charge is 0.496 e. The van der Waals surface area contributed by atoms with E-state index in [2.05, 4.69) is 31.3 Å². The van der Waals surface area contributed by atoms with Crippen LogP contribution in [0.3, 0.4) is 0 Å². The first-order chi connectivity index (χ1) is 8.20. The Labute approximate surface area is 103 Å². The van der Waals surface area contributed by atoms with Crippen LogP contribution in [-0.2, 0) is 11.3 Å². The van der Waals surface area contributed by atoms with Crippen molar-refractivity contribution in [1.29, 1.82) is 0 Å². The van der Waals surface area contributed by atoms with E-state index < -0.39 is 0 Å². The molecule has 0 radical (unpaired) electrons. The summed E-state index contributed by atoms with van der Waals surface area (Å²) in [6, 6.07) is 6.80. The van der Waals surface area contributed by atoms with Crippen LogP contribution in [0.5, 0.6) is 5.75 Å². The van der Waals surface area contributed by atoms with E-state index >= 15 is 0 Å². The minimum Gasteiger partial charge on any atom is -0.496 e. The normalized spacial score (nSPS) is 23.9. The topological polar surface area (TPSA) is 30.5 Å². The summed E-state index contributed by atoms with van der Waals surface area (Å²) in [7, 11) is 1.71. The van der Waals surface area contributed by atoms with E-state index in [-0.39, 0.29) is 0 Å². The van der Waals surface area contributed by atoms with Gasteiger partial charge >= 0.3 is 0 Å². The fourth-order valence-electron chi connectivity index (χ4n) is 2.30. The predicted octanol–water partition coefficient (Wildman–Crippen LogP) is 2.27. The molecular weight excluding hydrogens is 214 g/mol. The first-order valence-electron chi connectivity index (χ1n) is 6.19. The first-order valence-corrected chi connectivity index (χ1v) is 6.19. The summed E-state index contributed by atoms with van der Waals surface area (Å²) in [6.07, 6.45) is 1.44. The molecule has 2 rings (SSSR count). The second-order valence-electron chi connectivity index (χ2n) is 4.66. The molecule has 1 fully saturated rings. The van der Waals surface area contributed by atoms with Crippen LogP contribution in [-0.4, -0.2) is 25.9 Å².